The molecule has 0 bridgehead atoms. The molecule has 2 aromatic rings. The van der Waals surface area contributed by atoms with Crippen molar-refractivity contribution in [3.05, 3.63) is 47.1 Å². The Morgan fingerprint density at radius 3 is 2.74 bits per heavy atom. The third kappa shape index (κ3) is 3.14. The highest BCUT2D eigenvalue weighted by molar-refractivity contribution is 6.32. The maximum absolute atomic E-state index is 10.7. The Labute approximate surface area is 114 Å². The average molecular weight is 279 g/mol. The lowest BCUT2D eigenvalue weighted by molar-refractivity contribution is 0.0696. The second-order valence-electron chi connectivity index (χ2n) is 3.71. The van der Waals surface area contributed by atoms with Crippen LogP contribution >= 0.6 is 11.6 Å². The van der Waals surface area contributed by atoms with Crippen LogP contribution in [0.2, 0.25) is 5.02 Å². The Kier molecular flexibility index (Phi) is 3.87. The molecule has 19 heavy (non-hydrogen) atoms. The minimum absolute atomic E-state index is 0.138. The largest absolute Gasteiger partial charge is 0.495 e. The smallest absolute Gasteiger partial charge is 0.337 e. The number of hydrogen-bond donors (Lipinski definition) is 2. The zero-order chi connectivity index (χ0) is 13.8. The van der Waals surface area contributed by atoms with Crippen LogP contribution in [0.15, 0.2) is 36.5 Å². The van der Waals surface area contributed by atoms with Gasteiger partial charge in [-0.3, -0.25) is 0 Å². The highest BCUT2D eigenvalue weighted by atomic mass is 35.5. The van der Waals surface area contributed by atoms with Crippen molar-refractivity contribution in [2.45, 2.75) is 0 Å². The fourth-order valence-electron chi connectivity index (χ4n) is 1.48. The molecule has 0 atom stereocenters. The number of halogens is 1. The molecule has 6 heteroatoms. The number of carbonyl (C=O) groups is 1. The van der Waals surface area contributed by atoms with E-state index in [4.69, 9.17) is 21.4 Å². The zero-order valence-corrected chi connectivity index (χ0v) is 10.8. The molecule has 0 unspecified atom stereocenters. The lowest BCUT2D eigenvalue weighted by Crippen LogP contribution is -1.99. The lowest BCUT2D eigenvalue weighted by atomic mass is 10.2. The molecule has 2 rings (SSSR count). The Hall–Kier alpha value is -2.27. The number of nitrogens with zero attached hydrogens (tertiary/aromatic N) is 1. The van der Waals surface area contributed by atoms with Gasteiger partial charge in [-0.2, -0.15) is 0 Å². The number of carboxylic acids is 1. The number of methoxy groups -OCH3 is 1. The average Bonchev–Trinajstić information content (AvgIpc) is 2.41. The van der Waals surface area contributed by atoms with Gasteiger partial charge in [0.05, 0.1) is 17.7 Å². The van der Waals surface area contributed by atoms with Crippen molar-refractivity contribution in [3.8, 4) is 5.75 Å². The van der Waals surface area contributed by atoms with Gasteiger partial charge in [0.15, 0.2) is 0 Å². The SMILES string of the molecule is COc1cc(Nc2ccc(C(=O)O)cn2)ccc1Cl. The van der Waals surface area contributed by atoms with Crippen LogP contribution in [0.25, 0.3) is 0 Å². The zero-order valence-electron chi connectivity index (χ0n) is 10.1. The van der Waals surface area contributed by atoms with Crippen LogP contribution in [-0.2, 0) is 0 Å². The first-order valence-corrected chi connectivity index (χ1v) is 5.78. The molecular weight excluding hydrogens is 268 g/mol. The van der Waals surface area contributed by atoms with Crippen LogP contribution in [0.5, 0.6) is 5.75 Å². The molecule has 2 N–H and O–H groups in total. The highest BCUT2D eigenvalue weighted by Gasteiger charge is 2.05. The van der Waals surface area contributed by atoms with E-state index in [2.05, 4.69) is 10.3 Å². The maximum atomic E-state index is 10.7. The normalized spacial score (nSPS) is 10.0. The van der Waals surface area contributed by atoms with Crippen molar-refractivity contribution in [3.63, 3.8) is 0 Å². The van der Waals surface area contributed by atoms with Crippen molar-refractivity contribution < 1.29 is 14.6 Å². The molecule has 98 valence electrons. The van der Waals surface area contributed by atoms with E-state index in [1.807, 2.05) is 0 Å². The Morgan fingerprint density at radius 2 is 2.16 bits per heavy atom. The predicted molar refractivity (Wildman–Crippen MR) is 72.5 cm³/mol. The van der Waals surface area contributed by atoms with Gasteiger partial charge < -0.3 is 15.2 Å². The molecule has 0 aliphatic carbocycles. The summed E-state index contributed by atoms with van der Waals surface area (Å²) >= 11 is 5.92. The monoisotopic (exact) mass is 278 g/mol. The van der Waals surface area contributed by atoms with Crippen molar-refractivity contribution in [2.75, 3.05) is 12.4 Å². The fraction of sp³-hybridized carbons (Fsp3) is 0.0769. The molecule has 5 nitrogen and oxygen atoms in total. The molecule has 0 amide bonds. The molecule has 1 aromatic heterocycles. The van der Waals surface area contributed by atoms with E-state index < -0.39 is 5.97 Å². The minimum Gasteiger partial charge on any atom is -0.495 e. The quantitative estimate of drug-likeness (QED) is 0.899. The summed E-state index contributed by atoms with van der Waals surface area (Å²) in [6.45, 7) is 0. The van der Waals surface area contributed by atoms with Crippen molar-refractivity contribution >= 4 is 29.1 Å². The number of hydrogen-bond acceptors (Lipinski definition) is 4. The van der Waals surface area contributed by atoms with Crippen LogP contribution in [0.4, 0.5) is 11.5 Å². The van der Waals surface area contributed by atoms with Crippen LogP contribution < -0.4 is 10.1 Å². The molecule has 1 heterocycles. The van der Waals surface area contributed by atoms with Gasteiger partial charge in [0, 0.05) is 18.0 Å². The van der Waals surface area contributed by atoms with E-state index in [-0.39, 0.29) is 5.56 Å². The number of anilines is 2. The molecule has 0 saturated carbocycles. The maximum Gasteiger partial charge on any atom is 0.337 e. The van der Waals surface area contributed by atoms with E-state index in [1.165, 1.54) is 19.4 Å². The number of aromatic nitrogens is 1. The third-order valence-corrected chi connectivity index (χ3v) is 2.75. The standard InChI is InChI=1S/C13H11ClN2O3/c1-19-11-6-9(3-4-10(11)14)16-12-5-2-8(7-15-12)13(17)18/h2-7H,1H3,(H,15,16)(H,17,18). The van der Waals surface area contributed by atoms with E-state index in [9.17, 15) is 4.79 Å². The van der Waals surface area contributed by atoms with Gasteiger partial charge in [0.2, 0.25) is 0 Å². The number of benzene rings is 1. The second-order valence-corrected chi connectivity index (χ2v) is 4.12. The molecular formula is C13H11ClN2O3. The fourth-order valence-corrected chi connectivity index (χ4v) is 1.67. The third-order valence-electron chi connectivity index (χ3n) is 2.43. The molecule has 0 spiro atoms. The first-order chi connectivity index (χ1) is 9.10. The van der Waals surface area contributed by atoms with Crippen molar-refractivity contribution in [2.24, 2.45) is 0 Å². The van der Waals surface area contributed by atoms with Gasteiger partial charge in [-0.15, -0.1) is 0 Å². The first-order valence-electron chi connectivity index (χ1n) is 5.40. The van der Waals surface area contributed by atoms with Crippen molar-refractivity contribution in [1.29, 1.82) is 0 Å². The number of carboxylic acid groups (broad SMARTS) is 1. The predicted octanol–water partition coefficient (Wildman–Crippen LogP) is 3.19. The van der Waals surface area contributed by atoms with E-state index >= 15 is 0 Å². The summed E-state index contributed by atoms with van der Waals surface area (Å²) in [4.78, 5) is 14.7. The topological polar surface area (TPSA) is 71.5 Å². The van der Waals surface area contributed by atoms with Gasteiger partial charge in [-0.1, -0.05) is 11.6 Å². The Morgan fingerprint density at radius 1 is 1.37 bits per heavy atom. The summed E-state index contributed by atoms with van der Waals surface area (Å²) in [5, 5.41) is 12.3. The summed E-state index contributed by atoms with van der Waals surface area (Å²) in [5.74, 6) is 0.0791. The molecule has 0 aliphatic rings. The van der Waals surface area contributed by atoms with Crippen LogP contribution in [-0.4, -0.2) is 23.2 Å². The van der Waals surface area contributed by atoms with Crippen molar-refractivity contribution in [1.82, 2.24) is 4.98 Å². The number of aromatic carboxylic acids is 1. The van der Waals surface area contributed by atoms with Crippen LogP contribution in [0, 0.1) is 0 Å². The summed E-state index contributed by atoms with van der Waals surface area (Å²) in [6.07, 6.45) is 1.29. The minimum atomic E-state index is -1.01. The highest BCUT2D eigenvalue weighted by Crippen LogP contribution is 2.28. The van der Waals surface area contributed by atoms with Gasteiger partial charge in [-0.25, -0.2) is 9.78 Å². The van der Waals surface area contributed by atoms with Gasteiger partial charge >= 0.3 is 5.97 Å². The number of ether oxygens (including phenoxy) is 1. The molecule has 0 saturated heterocycles. The van der Waals surface area contributed by atoms with Crippen LogP contribution in [0.3, 0.4) is 0 Å². The van der Waals surface area contributed by atoms with Gasteiger partial charge in [0.25, 0.3) is 0 Å². The summed E-state index contributed by atoms with van der Waals surface area (Å²) < 4.78 is 5.10. The molecule has 0 aliphatic heterocycles. The number of nitrogens with one attached hydrogen (secondary N) is 1. The lowest BCUT2D eigenvalue weighted by Gasteiger charge is -2.08. The Bertz CT molecular complexity index is 599. The molecule has 0 radical (unpaired) electrons. The van der Waals surface area contributed by atoms with E-state index in [0.29, 0.717) is 16.6 Å². The number of pyridine rings is 1. The summed E-state index contributed by atoms with van der Waals surface area (Å²) in [6, 6.07) is 8.27. The van der Waals surface area contributed by atoms with E-state index in [1.54, 1.807) is 24.3 Å². The van der Waals surface area contributed by atoms with Gasteiger partial charge in [0.1, 0.15) is 11.6 Å². The summed E-state index contributed by atoms with van der Waals surface area (Å²) in [5.41, 5.74) is 0.885. The van der Waals surface area contributed by atoms with Gasteiger partial charge in [-0.05, 0) is 24.3 Å². The molecule has 0 fully saturated rings. The Balaban J connectivity index is 2.19. The van der Waals surface area contributed by atoms with Crippen LogP contribution in [0.1, 0.15) is 10.4 Å². The molecule has 1 aromatic carbocycles. The second kappa shape index (κ2) is 5.58. The van der Waals surface area contributed by atoms with E-state index in [0.717, 1.165) is 5.69 Å². The summed E-state index contributed by atoms with van der Waals surface area (Å²) in [7, 11) is 1.53. The number of rotatable bonds is 4. The first kappa shape index (κ1) is 13.2.